The zero-order valence-electron chi connectivity index (χ0n) is 77.1. The third-order valence-corrected chi connectivity index (χ3v) is 31.5. The molecule has 0 amide bonds. The normalized spacial score (nSPS) is 11.5. The molecule has 0 saturated carbocycles. The van der Waals surface area contributed by atoms with Crippen molar-refractivity contribution in [1.82, 2.24) is 19.9 Å². The topological polar surface area (TPSA) is 143 Å². The van der Waals surface area contributed by atoms with Gasteiger partial charge in [-0.15, -0.1) is 0 Å². The van der Waals surface area contributed by atoms with E-state index in [4.69, 9.17) is 47.8 Å². The van der Waals surface area contributed by atoms with Crippen LogP contribution in [0.3, 0.4) is 0 Å². The van der Waals surface area contributed by atoms with Crippen LogP contribution >= 0.6 is 54.9 Å². The van der Waals surface area contributed by atoms with Crippen LogP contribution in [0.2, 0.25) is 10.2 Å². The molecule has 2 aromatic heterocycles. The quantitative estimate of drug-likeness (QED) is 0.0243. The van der Waals surface area contributed by atoms with Crippen LogP contribution in [0.4, 0.5) is 8.78 Å². The van der Waals surface area contributed by atoms with Crippen LogP contribution in [0.25, 0.3) is 33.1 Å². The monoisotopic (exact) mass is 2000 g/mol. The zero-order chi connectivity index (χ0) is 92.3. The number of fused-ring (bicyclic) bond motifs is 2. The van der Waals surface area contributed by atoms with Crippen molar-refractivity contribution in [1.29, 1.82) is 5.26 Å². The Balaban J connectivity index is 0.000000214. The fraction of sp³-hybridized carbons (Fsp3) is 0.0973. The van der Waals surface area contributed by atoms with Crippen LogP contribution in [0.15, 0.2) is 437 Å². The molecule has 19 rings (SSSR count). The second-order valence-corrected chi connectivity index (χ2v) is 40.6. The third kappa shape index (κ3) is 31.5. The summed E-state index contributed by atoms with van der Waals surface area (Å²) >= 11 is 11.8. The van der Waals surface area contributed by atoms with Crippen LogP contribution in [-0.4, -0.2) is 44.7 Å². The molecule has 672 valence electrons. The van der Waals surface area contributed by atoms with Gasteiger partial charge in [0.2, 0.25) is 0 Å². The predicted molar refractivity (Wildman–Crippen MR) is 556 cm³/mol. The van der Waals surface area contributed by atoms with Crippen molar-refractivity contribution in [3.8, 4) is 17.3 Å². The first-order chi connectivity index (χ1) is 63.7. The smallest absolute Gasteiger partial charge is 1.00 e. The number of hydrogen-bond donors (Lipinski definition) is 0. The van der Waals surface area contributed by atoms with Gasteiger partial charge in [-0.3, -0.25) is 4.79 Å². The molecule has 22 heteroatoms. The molecule has 10 nitrogen and oxygen atoms in total. The Bertz CT molecular complexity index is 5740. The molecule has 18 aromatic rings. The van der Waals surface area contributed by atoms with Gasteiger partial charge >= 0.3 is 66.2 Å². The number of halogens is 4. The van der Waals surface area contributed by atoms with E-state index in [0.29, 0.717) is 43.5 Å². The Kier molecular flexibility index (Phi) is 46.2. The van der Waals surface area contributed by atoms with Crippen molar-refractivity contribution >= 4 is 159 Å². The van der Waals surface area contributed by atoms with Gasteiger partial charge in [0.25, 0.3) is 6.47 Å². The minimum atomic E-state index is -0.446. The van der Waals surface area contributed by atoms with Gasteiger partial charge in [0.1, 0.15) is 29.4 Å². The molecule has 1 fully saturated rings. The number of nitriles is 1. The summed E-state index contributed by atoms with van der Waals surface area (Å²) in [6, 6.07) is 149. The average molecular weight is 2010 g/mol. The molecule has 1 aliphatic rings. The Labute approximate surface area is 868 Å². The first-order valence-corrected chi connectivity index (χ1v) is 48.5. The predicted octanol–water partition coefficient (Wildman–Crippen LogP) is 16.6. The summed E-state index contributed by atoms with van der Waals surface area (Å²) in [6.07, 6.45) is 2.88. The summed E-state index contributed by atoms with van der Waals surface area (Å²) in [4.78, 5) is 27.7. The number of aromatic nitrogens is 4. The summed E-state index contributed by atoms with van der Waals surface area (Å²) in [7, 11) is -2.21. The second kappa shape index (κ2) is 56.6. The summed E-state index contributed by atoms with van der Waals surface area (Å²) in [5, 5.41) is 36.6. The van der Waals surface area contributed by atoms with Crippen LogP contribution in [0, 0.1) is 50.7 Å². The molecule has 1 aliphatic heterocycles. The number of carbonyl (C=O) groups is 1. The molecular weight excluding hydrogens is 1900 g/mol. The summed E-state index contributed by atoms with van der Waals surface area (Å²) in [5.74, 6) is -0.328. The Hall–Kier alpha value is -10.1. The molecule has 0 aliphatic carbocycles. The van der Waals surface area contributed by atoms with Crippen LogP contribution in [0.5, 0.6) is 0 Å². The summed E-state index contributed by atoms with van der Waals surface area (Å²) < 4.78 is 39.3. The Morgan fingerprint density at radius 3 is 0.859 bits per heavy atom. The number of benzene rings is 16. The van der Waals surface area contributed by atoms with Crippen molar-refractivity contribution in [2.75, 3.05) is 0 Å². The minimum Gasteiger partial charge on any atom is -1.00 e. The molecule has 0 bridgehead atoms. The zero-order valence-corrected chi connectivity index (χ0v) is 86.8. The average Bonchev–Trinajstić information content (AvgIpc) is 1.62. The van der Waals surface area contributed by atoms with E-state index >= 15 is 0 Å². The van der Waals surface area contributed by atoms with E-state index in [0.717, 1.165) is 33.0 Å². The van der Waals surface area contributed by atoms with Crippen molar-refractivity contribution in [2.45, 2.75) is 74.0 Å². The maximum absolute atomic E-state index is 13.7. The Morgan fingerprint density at radius 1 is 0.370 bits per heavy atom. The van der Waals surface area contributed by atoms with Crippen molar-refractivity contribution < 1.29 is 114 Å². The van der Waals surface area contributed by atoms with Crippen LogP contribution < -0.4 is 133 Å². The fourth-order valence-corrected chi connectivity index (χ4v) is 23.8. The van der Waals surface area contributed by atoms with E-state index in [1.165, 1.54) is 76.3 Å². The number of hydrogen-bond acceptors (Lipinski definition) is 10. The van der Waals surface area contributed by atoms with E-state index < -0.39 is 38.8 Å². The molecule has 3 heterocycles. The van der Waals surface area contributed by atoms with Gasteiger partial charge in [0.15, 0.2) is 0 Å². The van der Waals surface area contributed by atoms with E-state index in [2.05, 4.69) is 389 Å². The molecule has 1 saturated heterocycles. The van der Waals surface area contributed by atoms with Crippen molar-refractivity contribution in [3.05, 3.63) is 487 Å². The fourth-order valence-electron chi connectivity index (χ4n) is 14.2. The number of rotatable bonds is 15. The van der Waals surface area contributed by atoms with E-state index in [1.807, 2.05) is 39.8 Å². The van der Waals surface area contributed by atoms with Gasteiger partial charge in [-0.1, -0.05) is 407 Å². The standard InChI is InChI=1S/4C18H15P.C16H12ClFN2.C14H20BFO2.C9H4ClN3.CH2O3.CH4.2Na.Pd.H/c4*1-4-10-16(11-5-1)19(17-12-6-2-7-13-17)18-14-8-3-9-15-18;1-9-5-11(6-10(2)15(9)18)16-13-4-3-12(17)7-14(13)19-8-20-16;1-9-7-11(8-10(2)12(9)16)15-17-13(3,4)14(5,6)18-15;10-9-7-2-1-6(4-11)3-8(7)12-5-13-9;2-1-4-3;;;;;/h4*1-15H;3-8H,1-2H3;7-8H,1-6H3;1-3,5H;1,3H;1H4;;;;/q;;;;;;;;;2*+1;;-1/p-1. The molecule has 16 aromatic carbocycles. The van der Waals surface area contributed by atoms with Gasteiger partial charge in [0, 0.05) is 41.8 Å². The molecule has 0 unspecified atom stereocenters. The first kappa shape index (κ1) is 110. The molecule has 0 atom stereocenters. The second-order valence-electron chi connectivity index (χ2n) is 30.9. The van der Waals surface area contributed by atoms with Gasteiger partial charge in [0.05, 0.1) is 39.6 Å². The number of aryl methyl sites for hydroxylation is 4. The first-order valence-electron chi connectivity index (χ1n) is 42.4. The maximum Gasteiger partial charge on any atom is 1.00 e. The van der Waals surface area contributed by atoms with E-state index in [1.54, 1.807) is 82.3 Å². The van der Waals surface area contributed by atoms with Crippen LogP contribution in [0.1, 0.15) is 64.4 Å². The Morgan fingerprint density at radius 2 is 0.607 bits per heavy atom. The summed E-state index contributed by atoms with van der Waals surface area (Å²) in [5.41, 5.74) is 6.34. The maximum atomic E-state index is 13.7. The molecule has 0 spiro atoms. The van der Waals surface area contributed by atoms with Gasteiger partial charge in [-0.25, -0.2) is 28.7 Å². The minimum absolute atomic E-state index is 0. The SMILES string of the molecule is C.Cc1cc(-c2ncnc3cc(Cl)ccc23)cc(C)c1F.Cc1cc(B2OC(C)(C)C(C)(C)O2)cc(C)c1F.N#Cc1ccc2c(Cl)ncnc2c1.O=CO[O-].[H-].[Na+].[Na+].[Pd].c1ccc(P(c2ccccc2)c2ccccc2)cc1.c1ccc(P(c2ccccc2)c2ccccc2)cc1.c1ccc(P(c2ccccc2)c2ccccc2)cc1.c1ccc(P(c2ccccc2)c2ccccc2)cc1. The summed E-state index contributed by atoms with van der Waals surface area (Å²) in [6.45, 7) is 14.9. The largest absolute Gasteiger partial charge is 1.00 e. The van der Waals surface area contributed by atoms with Gasteiger partial charge < -0.3 is 20.9 Å². The molecule has 135 heavy (non-hydrogen) atoms. The number of carbonyl (C=O) groups excluding carboxylic acids is 1. The van der Waals surface area contributed by atoms with Gasteiger partial charge in [-0.2, -0.15) is 5.26 Å². The number of nitrogens with zero attached hydrogens (tertiary/aromatic N) is 5. The van der Waals surface area contributed by atoms with Gasteiger partial charge in [-0.05, 0) is 227 Å². The van der Waals surface area contributed by atoms with Crippen molar-refractivity contribution in [3.63, 3.8) is 0 Å². The van der Waals surface area contributed by atoms with Crippen molar-refractivity contribution in [2.24, 2.45) is 0 Å². The third-order valence-electron chi connectivity index (χ3n) is 21.2. The molecular formula is C113H102BCl2F2N5Na2O5P4Pd. The molecule has 0 radical (unpaired) electrons. The van der Waals surface area contributed by atoms with Crippen LogP contribution in [-0.2, 0) is 39.4 Å². The van der Waals surface area contributed by atoms with E-state index in [-0.39, 0.29) is 118 Å². The van der Waals surface area contributed by atoms with E-state index in [9.17, 15) is 8.78 Å². The molecule has 0 N–H and O–H groups in total.